The summed E-state index contributed by atoms with van der Waals surface area (Å²) in [5, 5.41) is 0. The molecular weight excluding hydrogens is 198 g/mol. The van der Waals surface area contributed by atoms with Crippen LogP contribution in [0.4, 0.5) is 0 Å². The van der Waals surface area contributed by atoms with Crippen LogP contribution in [0.5, 0.6) is 0 Å². The van der Waals surface area contributed by atoms with E-state index in [4.69, 9.17) is 5.73 Å². The lowest BCUT2D eigenvalue weighted by Crippen LogP contribution is -2.26. The molecule has 0 aromatic heterocycles. The summed E-state index contributed by atoms with van der Waals surface area (Å²) in [6, 6.07) is 0. The summed E-state index contributed by atoms with van der Waals surface area (Å²) in [4.78, 5) is 22.6. The Morgan fingerprint density at radius 1 is 1.33 bits per heavy atom. The van der Waals surface area contributed by atoms with E-state index in [0.29, 0.717) is 30.5 Å². The fourth-order valence-electron chi connectivity index (χ4n) is 1.67. The summed E-state index contributed by atoms with van der Waals surface area (Å²) in [5.74, 6) is -1.04. The third-order valence-corrected chi connectivity index (χ3v) is 2.57. The van der Waals surface area contributed by atoms with Gasteiger partial charge in [-0.25, -0.2) is 4.79 Å². The van der Waals surface area contributed by atoms with Gasteiger partial charge in [0.2, 0.25) is 0 Å². The van der Waals surface area contributed by atoms with Crippen LogP contribution in [0.15, 0.2) is 11.3 Å². The summed E-state index contributed by atoms with van der Waals surface area (Å²) in [6.45, 7) is 0. The number of hydrogen-bond donors (Lipinski definition) is 1. The van der Waals surface area contributed by atoms with Gasteiger partial charge in [0.25, 0.3) is 0 Å². The number of rotatable bonds is 2. The minimum Gasteiger partial charge on any atom is -0.469 e. The lowest BCUT2D eigenvalue weighted by molar-refractivity contribution is -0.146. The van der Waals surface area contributed by atoms with Crippen molar-refractivity contribution in [2.45, 2.75) is 19.3 Å². The van der Waals surface area contributed by atoms with Crippen molar-refractivity contribution in [3.63, 3.8) is 0 Å². The number of esters is 2. The van der Waals surface area contributed by atoms with Gasteiger partial charge in [0.05, 0.1) is 25.7 Å². The van der Waals surface area contributed by atoms with E-state index >= 15 is 0 Å². The molecule has 0 bridgehead atoms. The number of allylic oxidation sites excluding steroid dienone is 1. The van der Waals surface area contributed by atoms with Gasteiger partial charge in [-0.2, -0.15) is 0 Å². The third kappa shape index (κ3) is 2.49. The van der Waals surface area contributed by atoms with Gasteiger partial charge >= 0.3 is 11.9 Å². The van der Waals surface area contributed by atoms with Crippen molar-refractivity contribution in [1.82, 2.24) is 0 Å². The summed E-state index contributed by atoms with van der Waals surface area (Å²) in [7, 11) is 2.63. The van der Waals surface area contributed by atoms with E-state index in [1.165, 1.54) is 14.2 Å². The van der Waals surface area contributed by atoms with Crippen LogP contribution in [-0.4, -0.2) is 26.2 Å². The number of methoxy groups -OCH3 is 2. The van der Waals surface area contributed by atoms with E-state index in [1.54, 1.807) is 0 Å². The van der Waals surface area contributed by atoms with Crippen LogP contribution in [-0.2, 0) is 19.1 Å². The van der Waals surface area contributed by atoms with Gasteiger partial charge in [-0.15, -0.1) is 0 Å². The lowest BCUT2D eigenvalue weighted by Gasteiger charge is -2.22. The minimum absolute atomic E-state index is 0.281. The van der Waals surface area contributed by atoms with Crippen LogP contribution in [0, 0.1) is 5.92 Å². The van der Waals surface area contributed by atoms with Gasteiger partial charge < -0.3 is 15.2 Å². The molecule has 0 fully saturated rings. The van der Waals surface area contributed by atoms with E-state index < -0.39 is 5.97 Å². The maximum absolute atomic E-state index is 11.3. The molecule has 1 atom stereocenters. The van der Waals surface area contributed by atoms with Gasteiger partial charge in [0.15, 0.2) is 0 Å². The first-order valence-corrected chi connectivity index (χ1v) is 4.73. The van der Waals surface area contributed by atoms with Crippen molar-refractivity contribution in [2.75, 3.05) is 14.2 Å². The number of nitrogens with two attached hydrogens (primary N) is 1. The molecule has 0 amide bonds. The predicted octanol–water partition coefficient (Wildman–Crippen LogP) is 0.345. The molecule has 5 nitrogen and oxygen atoms in total. The summed E-state index contributed by atoms with van der Waals surface area (Å²) in [5.41, 5.74) is 6.60. The molecule has 15 heavy (non-hydrogen) atoms. The molecule has 2 N–H and O–H groups in total. The minimum atomic E-state index is -0.457. The van der Waals surface area contributed by atoms with Crippen molar-refractivity contribution in [2.24, 2.45) is 11.7 Å². The predicted molar refractivity (Wildman–Crippen MR) is 52.6 cm³/mol. The van der Waals surface area contributed by atoms with E-state index in [9.17, 15) is 9.59 Å². The Labute approximate surface area is 88.2 Å². The highest BCUT2D eigenvalue weighted by atomic mass is 16.5. The average molecular weight is 213 g/mol. The summed E-state index contributed by atoms with van der Waals surface area (Å²) < 4.78 is 9.23. The molecule has 0 aliphatic heterocycles. The molecule has 0 spiro atoms. The fourth-order valence-corrected chi connectivity index (χ4v) is 1.67. The molecule has 1 aliphatic carbocycles. The zero-order valence-corrected chi connectivity index (χ0v) is 8.91. The summed E-state index contributed by atoms with van der Waals surface area (Å²) >= 11 is 0. The Kier molecular flexibility index (Phi) is 3.71. The Balaban J connectivity index is 2.78. The first-order chi connectivity index (χ1) is 7.10. The zero-order chi connectivity index (χ0) is 11.4. The van der Waals surface area contributed by atoms with E-state index in [2.05, 4.69) is 9.47 Å². The van der Waals surface area contributed by atoms with Crippen molar-refractivity contribution >= 4 is 11.9 Å². The van der Waals surface area contributed by atoms with Gasteiger partial charge in [0, 0.05) is 5.70 Å². The van der Waals surface area contributed by atoms with Crippen molar-refractivity contribution in [3.05, 3.63) is 11.3 Å². The van der Waals surface area contributed by atoms with Crippen LogP contribution in [0.25, 0.3) is 0 Å². The Morgan fingerprint density at radius 3 is 2.53 bits per heavy atom. The molecule has 0 heterocycles. The molecule has 84 valence electrons. The van der Waals surface area contributed by atoms with Gasteiger partial charge in [-0.1, -0.05) is 0 Å². The highest BCUT2D eigenvalue weighted by Crippen LogP contribution is 2.28. The topological polar surface area (TPSA) is 78.6 Å². The molecule has 1 rings (SSSR count). The molecule has 0 radical (unpaired) electrons. The maximum atomic E-state index is 11.3. The highest BCUT2D eigenvalue weighted by molar-refractivity contribution is 5.90. The second kappa shape index (κ2) is 4.82. The van der Waals surface area contributed by atoms with Crippen LogP contribution < -0.4 is 5.73 Å². The molecule has 0 unspecified atom stereocenters. The van der Waals surface area contributed by atoms with Gasteiger partial charge in [-0.05, 0) is 19.3 Å². The number of carbonyl (C=O) groups is 2. The molecule has 0 saturated heterocycles. The molecule has 0 aromatic carbocycles. The van der Waals surface area contributed by atoms with Gasteiger partial charge in [0.1, 0.15) is 0 Å². The first-order valence-electron chi connectivity index (χ1n) is 4.73. The third-order valence-electron chi connectivity index (χ3n) is 2.57. The van der Waals surface area contributed by atoms with Crippen molar-refractivity contribution < 1.29 is 19.1 Å². The molecule has 5 heteroatoms. The monoisotopic (exact) mass is 213 g/mol. The number of carbonyl (C=O) groups excluding carboxylic acids is 2. The zero-order valence-electron chi connectivity index (χ0n) is 8.91. The quantitative estimate of drug-likeness (QED) is 0.669. The highest BCUT2D eigenvalue weighted by Gasteiger charge is 2.29. The van der Waals surface area contributed by atoms with E-state index in [0.717, 1.165) is 0 Å². The first kappa shape index (κ1) is 11.6. The Hall–Kier alpha value is -1.52. The summed E-state index contributed by atoms with van der Waals surface area (Å²) in [6.07, 6.45) is 1.47. The van der Waals surface area contributed by atoms with Crippen molar-refractivity contribution in [1.29, 1.82) is 0 Å². The van der Waals surface area contributed by atoms with E-state index in [-0.39, 0.29) is 11.9 Å². The van der Waals surface area contributed by atoms with Crippen LogP contribution in [0.2, 0.25) is 0 Å². The number of hydrogen-bond acceptors (Lipinski definition) is 5. The van der Waals surface area contributed by atoms with Crippen LogP contribution >= 0.6 is 0 Å². The van der Waals surface area contributed by atoms with E-state index in [1.807, 2.05) is 0 Å². The second-order valence-electron chi connectivity index (χ2n) is 3.46. The van der Waals surface area contributed by atoms with Crippen molar-refractivity contribution in [3.8, 4) is 0 Å². The Morgan fingerprint density at radius 2 is 2.00 bits per heavy atom. The second-order valence-corrected chi connectivity index (χ2v) is 3.46. The SMILES string of the molecule is COC(=O)C1=C(N)CC[C@H](C(=O)OC)C1. The lowest BCUT2D eigenvalue weighted by atomic mass is 9.87. The average Bonchev–Trinajstić information content (AvgIpc) is 2.27. The largest absolute Gasteiger partial charge is 0.469 e. The molecular formula is C10H15NO4. The normalized spacial score (nSPS) is 21.1. The van der Waals surface area contributed by atoms with Crippen LogP contribution in [0.3, 0.4) is 0 Å². The number of ether oxygens (including phenoxy) is 2. The Bertz CT molecular complexity index is 309. The van der Waals surface area contributed by atoms with Crippen LogP contribution in [0.1, 0.15) is 19.3 Å². The molecule has 0 aromatic rings. The molecule has 1 aliphatic rings. The molecule has 0 saturated carbocycles. The maximum Gasteiger partial charge on any atom is 0.335 e. The standard InChI is InChI=1S/C10H15NO4/c1-14-9(12)6-3-4-8(11)7(5-6)10(13)15-2/h6H,3-5,11H2,1-2H3/t6-/m0/s1. The van der Waals surface area contributed by atoms with Gasteiger partial charge in [-0.3, -0.25) is 4.79 Å². The smallest absolute Gasteiger partial charge is 0.335 e. The fraction of sp³-hybridized carbons (Fsp3) is 0.600.